The normalized spacial score (nSPS) is 12.7. The largest absolute Gasteiger partial charge is 0.298 e. The summed E-state index contributed by atoms with van der Waals surface area (Å²) in [5, 5.41) is 8.49. The van der Waals surface area contributed by atoms with Crippen LogP contribution in [0.2, 0.25) is 0 Å². The molecule has 2 rings (SSSR count). The molecule has 7 heteroatoms. The van der Waals surface area contributed by atoms with Crippen molar-refractivity contribution < 1.29 is 9.63 Å². The van der Waals surface area contributed by atoms with Crippen molar-refractivity contribution in [3.8, 4) is 0 Å². The summed E-state index contributed by atoms with van der Waals surface area (Å²) in [6, 6.07) is 1.64. The maximum absolute atomic E-state index is 12.5. The highest BCUT2D eigenvalue weighted by molar-refractivity contribution is 7.09. The number of thiazole rings is 1. The summed E-state index contributed by atoms with van der Waals surface area (Å²) in [7, 11) is 1.48. The van der Waals surface area contributed by atoms with Crippen molar-refractivity contribution in [2.45, 2.75) is 39.8 Å². The van der Waals surface area contributed by atoms with Crippen LogP contribution in [-0.2, 0) is 4.84 Å². The summed E-state index contributed by atoms with van der Waals surface area (Å²) in [4.78, 5) is 22.2. The Balaban J connectivity index is 2.21. The Morgan fingerprint density at radius 3 is 2.62 bits per heavy atom. The molecule has 0 fully saturated rings. The monoisotopic (exact) mass is 308 g/mol. The Kier molecular flexibility index (Phi) is 4.74. The predicted octanol–water partition coefficient (Wildman–Crippen LogP) is 2.99. The van der Waals surface area contributed by atoms with Gasteiger partial charge >= 0.3 is 0 Å². The van der Waals surface area contributed by atoms with Crippen LogP contribution < -0.4 is 0 Å². The van der Waals surface area contributed by atoms with Gasteiger partial charge in [-0.25, -0.2) is 10.0 Å². The summed E-state index contributed by atoms with van der Waals surface area (Å²) in [6.07, 6.45) is 1.80. The molecule has 0 aliphatic heterocycles. The van der Waals surface area contributed by atoms with E-state index in [2.05, 4.69) is 10.1 Å². The highest BCUT2D eigenvalue weighted by Crippen LogP contribution is 2.23. The van der Waals surface area contributed by atoms with E-state index in [1.165, 1.54) is 12.2 Å². The minimum absolute atomic E-state index is 0.209. The van der Waals surface area contributed by atoms with E-state index >= 15 is 0 Å². The number of amides is 1. The Bertz CT molecular complexity index is 620. The van der Waals surface area contributed by atoms with Gasteiger partial charge in [0.15, 0.2) is 5.69 Å². The first-order chi connectivity index (χ1) is 9.93. The van der Waals surface area contributed by atoms with E-state index in [0.29, 0.717) is 5.69 Å². The lowest BCUT2D eigenvalue weighted by Gasteiger charge is -2.24. The lowest BCUT2D eigenvalue weighted by molar-refractivity contribution is -0.121. The molecular weight excluding hydrogens is 288 g/mol. The summed E-state index contributed by atoms with van der Waals surface area (Å²) >= 11 is 1.55. The molecule has 2 aromatic rings. The zero-order valence-electron chi connectivity index (χ0n) is 12.9. The van der Waals surface area contributed by atoms with E-state index in [1.54, 1.807) is 28.3 Å². The van der Waals surface area contributed by atoms with Gasteiger partial charge < -0.3 is 0 Å². The van der Waals surface area contributed by atoms with Crippen molar-refractivity contribution in [2.24, 2.45) is 0 Å². The first-order valence-corrected chi connectivity index (χ1v) is 7.66. The number of rotatable bonds is 5. The number of nitrogens with zero attached hydrogens (tertiary/aromatic N) is 4. The van der Waals surface area contributed by atoms with Crippen molar-refractivity contribution in [3.05, 3.63) is 34.0 Å². The molecule has 1 amide bonds. The van der Waals surface area contributed by atoms with E-state index in [4.69, 9.17) is 4.84 Å². The molecule has 0 saturated carbocycles. The van der Waals surface area contributed by atoms with E-state index in [1.807, 2.05) is 33.1 Å². The number of hydrogen-bond donors (Lipinski definition) is 0. The van der Waals surface area contributed by atoms with Gasteiger partial charge in [-0.15, -0.1) is 11.3 Å². The SMILES string of the molecule is CON(C(=O)c1ccn(C(C)C)n1)[C@H](C)c1csc(C)n1. The zero-order chi connectivity index (χ0) is 15.6. The van der Waals surface area contributed by atoms with Crippen LogP contribution in [0.25, 0.3) is 0 Å². The van der Waals surface area contributed by atoms with Crippen molar-refractivity contribution in [1.82, 2.24) is 19.8 Å². The minimum Gasteiger partial charge on any atom is -0.273 e. The first kappa shape index (κ1) is 15.7. The maximum atomic E-state index is 12.5. The van der Waals surface area contributed by atoms with Crippen LogP contribution in [0.5, 0.6) is 0 Å². The van der Waals surface area contributed by atoms with Gasteiger partial charge in [0.05, 0.1) is 17.8 Å². The Morgan fingerprint density at radius 2 is 2.14 bits per heavy atom. The van der Waals surface area contributed by atoms with Gasteiger partial charge in [-0.3, -0.25) is 14.3 Å². The number of carbonyl (C=O) groups excluding carboxylic acids is 1. The zero-order valence-corrected chi connectivity index (χ0v) is 13.7. The fourth-order valence-corrected chi connectivity index (χ4v) is 2.66. The molecule has 0 aromatic carbocycles. The van der Waals surface area contributed by atoms with Gasteiger partial charge in [-0.2, -0.15) is 5.10 Å². The van der Waals surface area contributed by atoms with Gasteiger partial charge in [-0.1, -0.05) is 0 Å². The van der Waals surface area contributed by atoms with Gasteiger partial charge in [-0.05, 0) is 33.8 Å². The van der Waals surface area contributed by atoms with Crippen LogP contribution in [0.3, 0.4) is 0 Å². The van der Waals surface area contributed by atoms with Crippen LogP contribution in [0, 0.1) is 6.92 Å². The molecule has 6 nitrogen and oxygen atoms in total. The number of aryl methyl sites for hydroxylation is 1. The molecule has 0 N–H and O–H groups in total. The lowest BCUT2D eigenvalue weighted by Crippen LogP contribution is -2.33. The van der Waals surface area contributed by atoms with Gasteiger partial charge in [0.25, 0.3) is 5.91 Å². The Hall–Kier alpha value is -1.73. The van der Waals surface area contributed by atoms with Gasteiger partial charge in [0, 0.05) is 17.6 Å². The average molecular weight is 308 g/mol. The molecule has 2 aromatic heterocycles. The molecule has 0 saturated heterocycles. The van der Waals surface area contributed by atoms with E-state index in [0.717, 1.165) is 10.7 Å². The van der Waals surface area contributed by atoms with Crippen LogP contribution in [-0.4, -0.2) is 32.8 Å². The third-order valence-electron chi connectivity index (χ3n) is 3.17. The summed E-state index contributed by atoms with van der Waals surface area (Å²) in [5.74, 6) is -0.268. The Morgan fingerprint density at radius 1 is 1.43 bits per heavy atom. The van der Waals surface area contributed by atoms with Crippen LogP contribution in [0.15, 0.2) is 17.6 Å². The number of carbonyl (C=O) groups is 1. The molecule has 0 aliphatic rings. The molecule has 0 aliphatic carbocycles. The average Bonchev–Trinajstić information content (AvgIpc) is 3.07. The lowest BCUT2D eigenvalue weighted by atomic mass is 10.2. The second-order valence-corrected chi connectivity index (χ2v) is 6.12. The maximum Gasteiger partial charge on any atom is 0.298 e. The summed E-state index contributed by atoms with van der Waals surface area (Å²) in [6.45, 7) is 7.84. The van der Waals surface area contributed by atoms with Crippen molar-refractivity contribution >= 4 is 17.2 Å². The standard InChI is InChI=1S/C14H20N4O2S/c1-9(2)17-7-6-12(16-17)14(19)18(20-5)10(3)13-8-21-11(4)15-13/h6-10H,1-5H3/t10-/m1/s1. The minimum atomic E-state index is -0.268. The van der Waals surface area contributed by atoms with Gasteiger partial charge in [0.1, 0.15) is 6.04 Å². The molecule has 0 unspecified atom stereocenters. The number of hydrogen-bond acceptors (Lipinski definition) is 5. The van der Waals surface area contributed by atoms with E-state index < -0.39 is 0 Å². The summed E-state index contributed by atoms with van der Waals surface area (Å²) < 4.78 is 1.75. The molecule has 0 bridgehead atoms. The van der Waals surface area contributed by atoms with E-state index in [-0.39, 0.29) is 18.0 Å². The number of hydroxylamine groups is 2. The molecule has 0 radical (unpaired) electrons. The molecule has 0 spiro atoms. The molecule has 21 heavy (non-hydrogen) atoms. The topological polar surface area (TPSA) is 60.2 Å². The van der Waals surface area contributed by atoms with Crippen LogP contribution >= 0.6 is 11.3 Å². The second kappa shape index (κ2) is 6.36. The molecule has 114 valence electrons. The summed E-state index contributed by atoms with van der Waals surface area (Å²) in [5.41, 5.74) is 1.18. The highest BCUT2D eigenvalue weighted by Gasteiger charge is 2.26. The molecule has 1 atom stereocenters. The highest BCUT2D eigenvalue weighted by atomic mass is 32.1. The Labute approximate surface area is 128 Å². The van der Waals surface area contributed by atoms with E-state index in [9.17, 15) is 4.79 Å². The van der Waals surface area contributed by atoms with Crippen molar-refractivity contribution in [3.63, 3.8) is 0 Å². The molecular formula is C14H20N4O2S. The van der Waals surface area contributed by atoms with Gasteiger partial charge in [0.2, 0.25) is 0 Å². The predicted molar refractivity (Wildman–Crippen MR) is 81.1 cm³/mol. The smallest absolute Gasteiger partial charge is 0.273 e. The number of aromatic nitrogens is 3. The van der Waals surface area contributed by atoms with Crippen LogP contribution in [0.1, 0.15) is 54.0 Å². The molecule has 2 heterocycles. The second-order valence-electron chi connectivity index (χ2n) is 5.06. The fraction of sp³-hybridized carbons (Fsp3) is 0.500. The fourth-order valence-electron chi connectivity index (χ4n) is 1.96. The quantitative estimate of drug-likeness (QED) is 0.797. The van der Waals surface area contributed by atoms with Crippen molar-refractivity contribution in [1.29, 1.82) is 0 Å². The van der Waals surface area contributed by atoms with Crippen molar-refractivity contribution in [2.75, 3.05) is 7.11 Å². The van der Waals surface area contributed by atoms with Crippen LogP contribution in [0.4, 0.5) is 0 Å². The third-order valence-corrected chi connectivity index (χ3v) is 3.96. The third kappa shape index (κ3) is 3.30. The first-order valence-electron chi connectivity index (χ1n) is 6.79.